The number of carbonyl (C=O) groups excluding carboxylic acids is 3. The second-order valence-corrected chi connectivity index (χ2v) is 7.77. The average Bonchev–Trinajstić information content (AvgIpc) is 3.08. The SMILES string of the molecule is C=CCN1C(=O)/C(=C\c2ccc(OCC(=O)N[C@@H](C)c3ccccc3)cc2)C(C(=O)OC)=C1C. The molecule has 1 heterocycles. The summed E-state index contributed by atoms with van der Waals surface area (Å²) in [4.78, 5) is 38.9. The van der Waals surface area contributed by atoms with E-state index >= 15 is 0 Å². The van der Waals surface area contributed by atoms with Gasteiger partial charge in [-0.3, -0.25) is 9.59 Å². The van der Waals surface area contributed by atoms with Crippen LogP contribution in [0.15, 0.2) is 84.1 Å². The highest BCUT2D eigenvalue weighted by Gasteiger charge is 2.36. The fourth-order valence-corrected chi connectivity index (χ4v) is 3.66. The van der Waals surface area contributed by atoms with E-state index < -0.39 is 5.97 Å². The van der Waals surface area contributed by atoms with Crippen LogP contribution in [0.5, 0.6) is 5.75 Å². The zero-order valence-corrected chi connectivity index (χ0v) is 19.5. The number of hydrogen-bond donors (Lipinski definition) is 1. The Kier molecular flexibility index (Phi) is 8.03. The molecule has 2 amide bonds. The first-order valence-electron chi connectivity index (χ1n) is 10.9. The molecule has 3 rings (SSSR count). The summed E-state index contributed by atoms with van der Waals surface area (Å²) in [6.45, 7) is 7.45. The first kappa shape index (κ1) is 24.5. The monoisotopic (exact) mass is 460 g/mol. The summed E-state index contributed by atoms with van der Waals surface area (Å²) in [5.74, 6) is -0.581. The van der Waals surface area contributed by atoms with E-state index in [2.05, 4.69) is 11.9 Å². The van der Waals surface area contributed by atoms with E-state index in [1.54, 1.807) is 43.3 Å². The second-order valence-electron chi connectivity index (χ2n) is 7.77. The fraction of sp³-hybridized carbons (Fsp3) is 0.222. The van der Waals surface area contributed by atoms with Crippen LogP contribution in [0.3, 0.4) is 0 Å². The number of allylic oxidation sites excluding steroid dienone is 1. The van der Waals surface area contributed by atoms with Crippen molar-refractivity contribution in [2.75, 3.05) is 20.3 Å². The minimum absolute atomic E-state index is 0.124. The van der Waals surface area contributed by atoms with E-state index in [9.17, 15) is 14.4 Å². The Morgan fingerprint density at radius 2 is 1.79 bits per heavy atom. The third-order valence-electron chi connectivity index (χ3n) is 5.45. The Hall–Kier alpha value is -4.13. The van der Waals surface area contributed by atoms with Gasteiger partial charge in [-0.1, -0.05) is 48.5 Å². The molecule has 0 fully saturated rings. The Labute approximate surface area is 199 Å². The van der Waals surface area contributed by atoms with Crippen LogP contribution in [-0.2, 0) is 19.1 Å². The van der Waals surface area contributed by atoms with Crippen molar-refractivity contribution in [3.63, 3.8) is 0 Å². The number of carbonyl (C=O) groups is 3. The molecule has 0 saturated heterocycles. The topological polar surface area (TPSA) is 84.9 Å². The molecule has 1 aliphatic heterocycles. The van der Waals surface area contributed by atoms with Crippen molar-refractivity contribution >= 4 is 23.9 Å². The van der Waals surface area contributed by atoms with Gasteiger partial charge in [0.05, 0.1) is 24.3 Å². The van der Waals surface area contributed by atoms with Crippen molar-refractivity contribution in [2.45, 2.75) is 19.9 Å². The predicted molar refractivity (Wildman–Crippen MR) is 130 cm³/mol. The van der Waals surface area contributed by atoms with E-state index in [4.69, 9.17) is 9.47 Å². The highest BCUT2D eigenvalue weighted by Crippen LogP contribution is 2.31. The first-order valence-corrected chi connectivity index (χ1v) is 10.9. The quantitative estimate of drug-likeness (QED) is 0.350. The summed E-state index contributed by atoms with van der Waals surface area (Å²) in [5.41, 5.74) is 2.73. The van der Waals surface area contributed by atoms with E-state index in [-0.39, 0.29) is 35.6 Å². The zero-order chi connectivity index (χ0) is 24.7. The van der Waals surface area contributed by atoms with Gasteiger partial charge in [0.15, 0.2) is 6.61 Å². The lowest BCUT2D eigenvalue weighted by Crippen LogP contribution is -2.31. The first-order chi connectivity index (χ1) is 16.3. The molecule has 1 N–H and O–H groups in total. The van der Waals surface area contributed by atoms with Crippen molar-refractivity contribution in [1.29, 1.82) is 0 Å². The van der Waals surface area contributed by atoms with E-state index in [1.165, 1.54) is 12.0 Å². The minimum atomic E-state index is -0.570. The normalized spacial score (nSPS) is 15.3. The summed E-state index contributed by atoms with van der Waals surface area (Å²) < 4.78 is 10.5. The van der Waals surface area contributed by atoms with Gasteiger partial charge in [0.25, 0.3) is 11.8 Å². The average molecular weight is 461 g/mol. The molecule has 7 nitrogen and oxygen atoms in total. The molecule has 0 radical (unpaired) electrons. The molecular formula is C27H28N2O5. The van der Waals surface area contributed by atoms with Gasteiger partial charge in [-0.05, 0) is 43.2 Å². The van der Waals surface area contributed by atoms with Crippen LogP contribution < -0.4 is 10.1 Å². The summed E-state index contributed by atoms with van der Waals surface area (Å²) >= 11 is 0. The number of nitrogens with zero attached hydrogens (tertiary/aromatic N) is 1. The maximum atomic E-state index is 12.9. The Balaban J connectivity index is 1.66. The minimum Gasteiger partial charge on any atom is -0.484 e. The molecule has 7 heteroatoms. The molecule has 0 bridgehead atoms. The molecule has 176 valence electrons. The Morgan fingerprint density at radius 3 is 2.41 bits per heavy atom. The maximum absolute atomic E-state index is 12.9. The number of nitrogens with one attached hydrogen (secondary N) is 1. The molecule has 34 heavy (non-hydrogen) atoms. The van der Waals surface area contributed by atoms with Crippen LogP contribution in [0.4, 0.5) is 0 Å². The zero-order valence-electron chi connectivity index (χ0n) is 19.5. The molecule has 0 unspecified atom stereocenters. The van der Waals surface area contributed by atoms with E-state index in [0.717, 1.165) is 5.56 Å². The van der Waals surface area contributed by atoms with Crippen molar-refractivity contribution in [2.24, 2.45) is 0 Å². The number of amides is 2. The lowest BCUT2D eigenvalue weighted by Gasteiger charge is -2.15. The van der Waals surface area contributed by atoms with Crippen molar-refractivity contribution < 1.29 is 23.9 Å². The molecule has 0 aliphatic carbocycles. The fourth-order valence-electron chi connectivity index (χ4n) is 3.66. The number of rotatable bonds is 9. The van der Waals surface area contributed by atoms with E-state index in [0.29, 0.717) is 23.6 Å². The van der Waals surface area contributed by atoms with Crippen LogP contribution >= 0.6 is 0 Å². The smallest absolute Gasteiger partial charge is 0.340 e. The summed E-state index contributed by atoms with van der Waals surface area (Å²) in [5, 5.41) is 2.90. The van der Waals surface area contributed by atoms with Crippen LogP contribution in [0.25, 0.3) is 6.08 Å². The van der Waals surface area contributed by atoms with Gasteiger partial charge in [-0.15, -0.1) is 6.58 Å². The van der Waals surface area contributed by atoms with Crippen LogP contribution in [-0.4, -0.2) is 42.9 Å². The molecule has 1 aliphatic rings. The van der Waals surface area contributed by atoms with Gasteiger partial charge in [-0.2, -0.15) is 0 Å². The highest BCUT2D eigenvalue weighted by atomic mass is 16.5. The number of ether oxygens (including phenoxy) is 2. The number of benzene rings is 2. The summed E-state index contributed by atoms with van der Waals surface area (Å²) in [6, 6.07) is 16.5. The highest BCUT2D eigenvalue weighted by molar-refractivity contribution is 6.16. The summed E-state index contributed by atoms with van der Waals surface area (Å²) in [7, 11) is 1.28. The second kappa shape index (κ2) is 11.1. The number of esters is 1. The molecule has 1 atom stereocenters. The molecule has 2 aromatic carbocycles. The number of methoxy groups -OCH3 is 1. The van der Waals surface area contributed by atoms with Gasteiger partial charge in [0, 0.05) is 12.2 Å². The molecule has 0 aromatic heterocycles. The molecular weight excluding hydrogens is 432 g/mol. The van der Waals surface area contributed by atoms with Gasteiger partial charge < -0.3 is 19.7 Å². The Bertz CT molecular complexity index is 1130. The molecule has 0 spiro atoms. The summed E-state index contributed by atoms with van der Waals surface area (Å²) in [6.07, 6.45) is 3.24. The third-order valence-corrected chi connectivity index (χ3v) is 5.45. The molecule has 0 saturated carbocycles. The van der Waals surface area contributed by atoms with Crippen molar-refractivity contribution in [3.05, 3.63) is 95.2 Å². The van der Waals surface area contributed by atoms with E-state index in [1.807, 2.05) is 37.3 Å². The lowest BCUT2D eigenvalue weighted by atomic mass is 10.0. The van der Waals surface area contributed by atoms with Crippen molar-refractivity contribution in [1.82, 2.24) is 10.2 Å². The van der Waals surface area contributed by atoms with Gasteiger partial charge in [0.2, 0.25) is 0 Å². The largest absolute Gasteiger partial charge is 0.484 e. The van der Waals surface area contributed by atoms with Gasteiger partial charge >= 0.3 is 5.97 Å². The van der Waals surface area contributed by atoms with Crippen molar-refractivity contribution in [3.8, 4) is 5.75 Å². The van der Waals surface area contributed by atoms with Crippen LogP contribution in [0, 0.1) is 0 Å². The van der Waals surface area contributed by atoms with Crippen LogP contribution in [0.1, 0.15) is 31.0 Å². The van der Waals surface area contributed by atoms with Gasteiger partial charge in [0.1, 0.15) is 5.75 Å². The maximum Gasteiger partial charge on any atom is 0.340 e. The Morgan fingerprint density at radius 1 is 1.12 bits per heavy atom. The predicted octanol–water partition coefficient (Wildman–Crippen LogP) is 3.80. The molecule has 2 aromatic rings. The third kappa shape index (κ3) is 5.61. The van der Waals surface area contributed by atoms with Gasteiger partial charge in [-0.25, -0.2) is 4.79 Å². The standard InChI is InChI=1S/C27H28N2O5/c1-5-15-29-19(3)25(27(32)33-4)23(26(29)31)16-20-11-13-22(14-12-20)34-17-24(30)28-18(2)21-9-7-6-8-10-21/h5-14,16,18H,1,15,17H2,2-4H3,(H,28,30)/b23-16-/t18-/m0/s1. The lowest BCUT2D eigenvalue weighted by molar-refractivity contribution is -0.136. The number of hydrogen-bond acceptors (Lipinski definition) is 5. The van der Waals surface area contributed by atoms with Crippen LogP contribution in [0.2, 0.25) is 0 Å².